The Morgan fingerprint density at radius 3 is 2.59 bits per heavy atom. The summed E-state index contributed by atoms with van der Waals surface area (Å²) < 4.78 is 15.8. The molecule has 1 N–H and O–H groups in total. The van der Waals surface area contributed by atoms with Gasteiger partial charge in [-0.05, 0) is 25.0 Å². The van der Waals surface area contributed by atoms with Crippen LogP contribution >= 0.6 is 23.4 Å². The van der Waals surface area contributed by atoms with Gasteiger partial charge in [0.05, 0.1) is 13.5 Å². The van der Waals surface area contributed by atoms with E-state index in [1.807, 2.05) is 49.4 Å². The topological polar surface area (TPSA) is 90.7 Å². The summed E-state index contributed by atoms with van der Waals surface area (Å²) in [5.41, 5.74) is 3.72. The summed E-state index contributed by atoms with van der Waals surface area (Å²) in [5, 5.41) is 7.44. The van der Waals surface area contributed by atoms with E-state index in [0.29, 0.717) is 40.8 Å². The molecule has 1 unspecified atom stereocenters. The predicted molar refractivity (Wildman–Crippen MR) is 134 cm³/mol. The predicted octanol–water partition coefficient (Wildman–Crippen LogP) is 6.66. The molecule has 1 aromatic heterocycles. The molecule has 1 amide bonds. The van der Waals surface area contributed by atoms with Crippen molar-refractivity contribution in [3.63, 3.8) is 0 Å². The van der Waals surface area contributed by atoms with Gasteiger partial charge in [0.25, 0.3) is 0 Å². The number of thioether (sulfide) groups is 1. The van der Waals surface area contributed by atoms with Gasteiger partial charge >= 0.3 is 12.1 Å². The number of esters is 1. The molecule has 9 heteroatoms. The third-order valence-corrected chi connectivity index (χ3v) is 6.49. The van der Waals surface area contributed by atoms with Crippen molar-refractivity contribution in [2.45, 2.75) is 38.5 Å². The Morgan fingerprint density at radius 2 is 1.91 bits per heavy atom. The van der Waals surface area contributed by atoms with Gasteiger partial charge in [0.1, 0.15) is 17.5 Å². The van der Waals surface area contributed by atoms with Gasteiger partial charge in [-0.3, -0.25) is 10.1 Å². The highest BCUT2D eigenvalue weighted by molar-refractivity contribution is 7.98. The van der Waals surface area contributed by atoms with Crippen LogP contribution in [0.3, 0.4) is 0 Å². The molecule has 1 heterocycles. The van der Waals surface area contributed by atoms with Gasteiger partial charge in [0.2, 0.25) is 0 Å². The molecule has 34 heavy (non-hydrogen) atoms. The van der Waals surface area contributed by atoms with Crippen LogP contribution in [0.1, 0.15) is 43.2 Å². The molecular weight excluding hydrogens is 476 g/mol. The SMILES string of the molecule is CCc1noc(-c2ccc(CSCCC(=O)OC)cc2)c1NC(=O)OC(C)c1ccccc1Cl. The van der Waals surface area contributed by atoms with E-state index in [4.69, 9.17) is 20.9 Å². The van der Waals surface area contributed by atoms with E-state index in [1.165, 1.54) is 7.11 Å². The number of aromatic nitrogens is 1. The number of ether oxygens (including phenoxy) is 2. The number of carbonyl (C=O) groups is 2. The summed E-state index contributed by atoms with van der Waals surface area (Å²) in [7, 11) is 1.39. The molecule has 180 valence electrons. The average Bonchev–Trinajstić information content (AvgIpc) is 3.24. The molecule has 0 saturated heterocycles. The fraction of sp³-hybridized carbons (Fsp3) is 0.320. The van der Waals surface area contributed by atoms with E-state index in [-0.39, 0.29) is 5.97 Å². The highest BCUT2D eigenvalue weighted by Gasteiger charge is 2.21. The van der Waals surface area contributed by atoms with Crippen LogP contribution < -0.4 is 5.32 Å². The van der Waals surface area contributed by atoms with Gasteiger partial charge in [-0.1, -0.05) is 66.1 Å². The largest absolute Gasteiger partial charge is 0.469 e. The summed E-state index contributed by atoms with van der Waals surface area (Å²) >= 11 is 7.87. The van der Waals surface area contributed by atoms with Crippen LogP contribution in [0.25, 0.3) is 11.3 Å². The van der Waals surface area contributed by atoms with Gasteiger partial charge in [0, 0.05) is 27.7 Å². The zero-order valence-corrected chi connectivity index (χ0v) is 20.9. The summed E-state index contributed by atoms with van der Waals surface area (Å²) in [6, 6.07) is 15.0. The molecule has 0 aliphatic heterocycles. The maximum absolute atomic E-state index is 12.6. The minimum absolute atomic E-state index is 0.209. The molecule has 0 fully saturated rings. The zero-order valence-electron chi connectivity index (χ0n) is 19.3. The third kappa shape index (κ3) is 6.77. The molecule has 2 aromatic carbocycles. The van der Waals surface area contributed by atoms with Crippen molar-refractivity contribution in [3.05, 3.63) is 70.4 Å². The molecule has 0 radical (unpaired) electrons. The first-order valence-electron chi connectivity index (χ1n) is 10.9. The number of amides is 1. The molecule has 1 atom stereocenters. The Hall–Kier alpha value is -2.97. The quantitative estimate of drug-likeness (QED) is 0.244. The highest BCUT2D eigenvalue weighted by atomic mass is 35.5. The number of hydrogen-bond acceptors (Lipinski definition) is 7. The average molecular weight is 503 g/mol. The number of nitrogens with one attached hydrogen (secondary N) is 1. The molecule has 0 saturated carbocycles. The van der Waals surface area contributed by atoms with Gasteiger partial charge in [-0.25, -0.2) is 4.79 Å². The molecule has 0 bridgehead atoms. The second-order valence-electron chi connectivity index (χ2n) is 7.46. The van der Waals surface area contributed by atoms with Crippen LogP contribution in [0.5, 0.6) is 0 Å². The maximum Gasteiger partial charge on any atom is 0.412 e. The number of halogens is 1. The van der Waals surface area contributed by atoms with Crippen molar-refractivity contribution in [2.24, 2.45) is 0 Å². The maximum atomic E-state index is 12.6. The first kappa shape index (κ1) is 25.6. The van der Waals surface area contributed by atoms with Gasteiger partial charge in [-0.2, -0.15) is 11.8 Å². The van der Waals surface area contributed by atoms with Crippen LogP contribution in [0.2, 0.25) is 5.02 Å². The molecular formula is C25H27ClN2O5S. The molecule has 0 aliphatic rings. The van der Waals surface area contributed by atoms with E-state index in [2.05, 4.69) is 15.2 Å². The Balaban J connectivity index is 1.66. The number of carbonyl (C=O) groups excluding carboxylic acids is 2. The molecule has 0 aliphatic carbocycles. The number of methoxy groups -OCH3 is 1. The smallest absolute Gasteiger partial charge is 0.412 e. The number of hydrogen-bond donors (Lipinski definition) is 1. The monoisotopic (exact) mass is 502 g/mol. The standard InChI is InChI=1S/C25H27ClN2O5S/c1-4-21-23(27-25(30)32-16(2)19-7-5-6-8-20(19)26)24(33-28-21)18-11-9-17(10-12-18)15-34-14-13-22(29)31-3/h5-12,16H,4,13-15H2,1-3H3,(H,27,30). The lowest BCUT2D eigenvalue weighted by Gasteiger charge is -2.15. The third-order valence-electron chi connectivity index (χ3n) is 5.11. The second-order valence-corrected chi connectivity index (χ2v) is 8.97. The van der Waals surface area contributed by atoms with Crippen molar-refractivity contribution in [3.8, 4) is 11.3 Å². The van der Waals surface area contributed by atoms with E-state index in [0.717, 1.165) is 22.4 Å². The van der Waals surface area contributed by atoms with Crippen LogP contribution in [0.15, 0.2) is 53.1 Å². The number of nitrogens with zero attached hydrogens (tertiary/aromatic N) is 1. The fourth-order valence-electron chi connectivity index (χ4n) is 3.25. The van der Waals surface area contributed by atoms with E-state index < -0.39 is 12.2 Å². The van der Waals surface area contributed by atoms with Crippen LogP contribution in [0.4, 0.5) is 10.5 Å². The Kier molecular flexibility index (Phi) is 9.42. The van der Waals surface area contributed by atoms with E-state index in [1.54, 1.807) is 24.8 Å². The van der Waals surface area contributed by atoms with Crippen molar-refractivity contribution >= 4 is 41.1 Å². The summed E-state index contributed by atoms with van der Waals surface area (Å²) in [4.78, 5) is 23.9. The molecule has 3 aromatic rings. The first-order valence-corrected chi connectivity index (χ1v) is 12.4. The number of benzene rings is 2. The van der Waals surface area contributed by atoms with Gasteiger partial charge in [-0.15, -0.1) is 0 Å². The lowest BCUT2D eigenvalue weighted by Crippen LogP contribution is -2.17. The van der Waals surface area contributed by atoms with Crippen LogP contribution in [-0.4, -0.2) is 30.1 Å². The highest BCUT2D eigenvalue weighted by Crippen LogP contribution is 2.33. The van der Waals surface area contributed by atoms with Gasteiger partial charge in [0.15, 0.2) is 5.76 Å². The Labute approximate surface area is 208 Å². The Morgan fingerprint density at radius 1 is 1.18 bits per heavy atom. The first-order chi connectivity index (χ1) is 16.4. The number of anilines is 1. The molecule has 3 rings (SSSR count). The fourth-order valence-corrected chi connectivity index (χ4v) is 4.42. The summed E-state index contributed by atoms with van der Waals surface area (Å²) in [6.07, 6.45) is -0.186. The molecule has 0 spiro atoms. The van der Waals surface area contributed by atoms with E-state index in [9.17, 15) is 9.59 Å². The molecule has 7 nitrogen and oxygen atoms in total. The Bertz CT molecular complexity index is 1120. The van der Waals surface area contributed by atoms with Gasteiger partial charge < -0.3 is 14.0 Å². The lowest BCUT2D eigenvalue weighted by molar-refractivity contribution is -0.140. The van der Waals surface area contributed by atoms with Crippen molar-refractivity contribution < 1.29 is 23.6 Å². The normalized spacial score (nSPS) is 11.6. The van der Waals surface area contributed by atoms with Crippen LogP contribution in [0, 0.1) is 0 Å². The minimum Gasteiger partial charge on any atom is -0.469 e. The number of rotatable bonds is 10. The van der Waals surface area contributed by atoms with Crippen LogP contribution in [-0.2, 0) is 26.4 Å². The number of aryl methyl sites for hydroxylation is 1. The van der Waals surface area contributed by atoms with E-state index >= 15 is 0 Å². The minimum atomic E-state index is -0.620. The van der Waals surface area contributed by atoms with Crippen molar-refractivity contribution in [1.82, 2.24) is 5.16 Å². The van der Waals surface area contributed by atoms with Crippen molar-refractivity contribution in [2.75, 3.05) is 18.2 Å². The van der Waals surface area contributed by atoms with Crippen molar-refractivity contribution in [1.29, 1.82) is 0 Å². The summed E-state index contributed by atoms with van der Waals surface area (Å²) in [6.45, 7) is 3.69. The second kappa shape index (κ2) is 12.5. The zero-order chi connectivity index (χ0) is 24.5. The summed E-state index contributed by atoms with van der Waals surface area (Å²) in [5.74, 6) is 1.72. The lowest BCUT2D eigenvalue weighted by atomic mass is 10.1.